The molecule has 1 saturated carbocycles. The molecule has 0 spiro atoms. The Bertz CT molecular complexity index is 89.3. The molecule has 0 atom stereocenters. The van der Waals surface area contributed by atoms with Crippen LogP contribution in [-0.2, 0) is 0 Å². The van der Waals surface area contributed by atoms with Crippen LogP contribution < -0.4 is 5.73 Å². The zero-order valence-electron chi connectivity index (χ0n) is 6.84. The first kappa shape index (κ1) is 8.02. The maximum atomic E-state index is 5.46. The first-order chi connectivity index (χ1) is 4.86. The molecule has 2 nitrogen and oxygen atoms in total. The first-order valence-corrected chi connectivity index (χ1v) is 4.29. The maximum Gasteiger partial charge on any atom is 0.0105 e. The Hall–Kier alpha value is -0.0800. The van der Waals surface area contributed by atoms with Crippen LogP contribution in [0.15, 0.2) is 0 Å². The Morgan fingerprint density at radius 1 is 1.50 bits per heavy atom. The molecular formula is C8H18N2. The highest BCUT2D eigenvalue weighted by Gasteiger charge is 2.22. The Morgan fingerprint density at radius 2 is 2.20 bits per heavy atom. The maximum absolute atomic E-state index is 5.46. The molecule has 1 aliphatic rings. The standard InChI is InChI=1S/C8H18N2/c1-2-10(6-5-9)7-8-3-4-8/h8H,2-7,9H2,1H3. The fourth-order valence-electron chi connectivity index (χ4n) is 1.23. The summed E-state index contributed by atoms with van der Waals surface area (Å²) in [6, 6.07) is 0. The van der Waals surface area contributed by atoms with Crippen molar-refractivity contribution in [1.29, 1.82) is 0 Å². The van der Waals surface area contributed by atoms with Gasteiger partial charge in [0, 0.05) is 19.6 Å². The van der Waals surface area contributed by atoms with Crippen LogP contribution in [0, 0.1) is 5.92 Å². The lowest BCUT2D eigenvalue weighted by Gasteiger charge is -2.18. The SMILES string of the molecule is CCN(CCN)CC1CC1. The number of hydrogen-bond donors (Lipinski definition) is 1. The zero-order valence-corrected chi connectivity index (χ0v) is 6.84. The van der Waals surface area contributed by atoms with Crippen molar-refractivity contribution >= 4 is 0 Å². The molecule has 0 bridgehead atoms. The summed E-state index contributed by atoms with van der Waals surface area (Å²) in [5.41, 5.74) is 5.46. The highest BCUT2D eigenvalue weighted by Crippen LogP contribution is 2.29. The monoisotopic (exact) mass is 142 g/mol. The molecule has 10 heavy (non-hydrogen) atoms. The molecule has 60 valence electrons. The van der Waals surface area contributed by atoms with Gasteiger partial charge in [-0.05, 0) is 25.3 Å². The molecule has 1 rings (SSSR count). The van der Waals surface area contributed by atoms with E-state index >= 15 is 0 Å². The number of nitrogens with two attached hydrogens (primary N) is 1. The quantitative estimate of drug-likeness (QED) is 0.611. The van der Waals surface area contributed by atoms with E-state index in [2.05, 4.69) is 11.8 Å². The van der Waals surface area contributed by atoms with E-state index in [0.29, 0.717) is 0 Å². The highest BCUT2D eigenvalue weighted by molar-refractivity contribution is 4.76. The minimum Gasteiger partial charge on any atom is -0.329 e. The van der Waals surface area contributed by atoms with E-state index in [1.54, 1.807) is 0 Å². The molecule has 0 aromatic rings. The van der Waals surface area contributed by atoms with Crippen molar-refractivity contribution < 1.29 is 0 Å². The Morgan fingerprint density at radius 3 is 2.60 bits per heavy atom. The summed E-state index contributed by atoms with van der Waals surface area (Å²) in [5.74, 6) is 1.01. The Labute approximate surface area is 63.4 Å². The lowest BCUT2D eigenvalue weighted by Crippen LogP contribution is -2.31. The largest absolute Gasteiger partial charge is 0.329 e. The van der Waals surface area contributed by atoms with Gasteiger partial charge in [0.1, 0.15) is 0 Å². The number of likely N-dealkylation sites (N-methyl/N-ethyl adjacent to an activating group) is 1. The van der Waals surface area contributed by atoms with Gasteiger partial charge in [-0.1, -0.05) is 6.92 Å². The molecule has 0 saturated heterocycles. The van der Waals surface area contributed by atoms with Crippen molar-refractivity contribution in [2.24, 2.45) is 11.7 Å². The average Bonchev–Trinajstić information content (AvgIpc) is 2.71. The van der Waals surface area contributed by atoms with Crippen molar-refractivity contribution in [3.8, 4) is 0 Å². The van der Waals surface area contributed by atoms with Crippen LogP contribution in [0.5, 0.6) is 0 Å². The summed E-state index contributed by atoms with van der Waals surface area (Å²) < 4.78 is 0. The van der Waals surface area contributed by atoms with E-state index in [1.807, 2.05) is 0 Å². The van der Waals surface area contributed by atoms with E-state index in [9.17, 15) is 0 Å². The molecule has 0 unspecified atom stereocenters. The molecule has 0 aromatic heterocycles. The van der Waals surface area contributed by atoms with E-state index in [0.717, 1.165) is 25.6 Å². The van der Waals surface area contributed by atoms with Crippen LogP contribution >= 0.6 is 0 Å². The molecule has 2 N–H and O–H groups in total. The van der Waals surface area contributed by atoms with Crippen LogP contribution in [0.4, 0.5) is 0 Å². The van der Waals surface area contributed by atoms with Crippen LogP contribution in [0.2, 0.25) is 0 Å². The van der Waals surface area contributed by atoms with Crippen LogP contribution in [0.1, 0.15) is 19.8 Å². The molecule has 2 heteroatoms. The number of nitrogens with zero attached hydrogens (tertiary/aromatic N) is 1. The van der Waals surface area contributed by atoms with Gasteiger partial charge in [0.15, 0.2) is 0 Å². The third kappa shape index (κ3) is 2.67. The normalized spacial score (nSPS) is 18.3. The molecular weight excluding hydrogens is 124 g/mol. The van der Waals surface area contributed by atoms with Gasteiger partial charge >= 0.3 is 0 Å². The average molecular weight is 142 g/mol. The second kappa shape index (κ2) is 3.94. The highest BCUT2D eigenvalue weighted by atomic mass is 15.1. The second-order valence-electron chi connectivity index (χ2n) is 3.13. The first-order valence-electron chi connectivity index (χ1n) is 4.29. The molecule has 0 aliphatic heterocycles. The third-order valence-electron chi connectivity index (χ3n) is 2.11. The van der Waals surface area contributed by atoms with E-state index < -0.39 is 0 Å². The summed E-state index contributed by atoms with van der Waals surface area (Å²) in [4.78, 5) is 2.44. The van der Waals surface area contributed by atoms with Crippen molar-refractivity contribution in [3.63, 3.8) is 0 Å². The van der Waals surface area contributed by atoms with E-state index in [-0.39, 0.29) is 0 Å². The summed E-state index contributed by atoms with van der Waals surface area (Å²) in [5, 5.41) is 0. The summed E-state index contributed by atoms with van der Waals surface area (Å²) in [7, 11) is 0. The van der Waals surface area contributed by atoms with Crippen LogP contribution in [0.25, 0.3) is 0 Å². The van der Waals surface area contributed by atoms with Gasteiger partial charge in [0.2, 0.25) is 0 Å². The predicted molar refractivity (Wildman–Crippen MR) is 43.9 cm³/mol. The number of hydrogen-bond acceptors (Lipinski definition) is 2. The fourth-order valence-corrected chi connectivity index (χ4v) is 1.23. The Balaban J connectivity index is 2.05. The van der Waals surface area contributed by atoms with Crippen molar-refractivity contribution in [2.75, 3.05) is 26.2 Å². The van der Waals surface area contributed by atoms with E-state index in [1.165, 1.54) is 19.4 Å². The smallest absolute Gasteiger partial charge is 0.0105 e. The molecule has 1 aliphatic carbocycles. The van der Waals surface area contributed by atoms with Gasteiger partial charge in [-0.25, -0.2) is 0 Å². The third-order valence-corrected chi connectivity index (χ3v) is 2.11. The van der Waals surface area contributed by atoms with Gasteiger partial charge in [-0.15, -0.1) is 0 Å². The van der Waals surface area contributed by atoms with Crippen LogP contribution in [0.3, 0.4) is 0 Å². The van der Waals surface area contributed by atoms with Gasteiger partial charge < -0.3 is 10.6 Å². The molecule has 0 amide bonds. The number of rotatable bonds is 5. The van der Waals surface area contributed by atoms with Crippen molar-refractivity contribution in [2.45, 2.75) is 19.8 Å². The topological polar surface area (TPSA) is 29.3 Å². The molecule has 0 heterocycles. The summed E-state index contributed by atoms with van der Waals surface area (Å²) >= 11 is 0. The minimum atomic E-state index is 0.806. The van der Waals surface area contributed by atoms with Gasteiger partial charge in [-0.2, -0.15) is 0 Å². The molecule has 0 radical (unpaired) electrons. The second-order valence-corrected chi connectivity index (χ2v) is 3.13. The molecule has 0 aromatic carbocycles. The predicted octanol–water partition coefficient (Wildman–Crippen LogP) is 0.677. The van der Waals surface area contributed by atoms with Crippen molar-refractivity contribution in [1.82, 2.24) is 4.90 Å². The van der Waals surface area contributed by atoms with Crippen molar-refractivity contribution in [3.05, 3.63) is 0 Å². The Kier molecular flexibility index (Phi) is 3.16. The lowest BCUT2D eigenvalue weighted by molar-refractivity contribution is 0.284. The lowest BCUT2D eigenvalue weighted by atomic mass is 10.3. The van der Waals surface area contributed by atoms with Gasteiger partial charge in [0.25, 0.3) is 0 Å². The summed E-state index contributed by atoms with van der Waals surface area (Å²) in [6.07, 6.45) is 2.89. The molecule has 1 fully saturated rings. The summed E-state index contributed by atoms with van der Waals surface area (Å²) in [6.45, 7) is 6.53. The van der Waals surface area contributed by atoms with E-state index in [4.69, 9.17) is 5.73 Å². The van der Waals surface area contributed by atoms with Crippen LogP contribution in [-0.4, -0.2) is 31.1 Å². The van der Waals surface area contributed by atoms with Gasteiger partial charge in [-0.3, -0.25) is 0 Å². The zero-order chi connectivity index (χ0) is 7.40. The van der Waals surface area contributed by atoms with Gasteiger partial charge in [0.05, 0.1) is 0 Å². The fraction of sp³-hybridized carbons (Fsp3) is 1.00. The minimum absolute atomic E-state index is 0.806.